The van der Waals surface area contributed by atoms with Crippen LogP contribution >= 0.6 is 0 Å². The predicted molar refractivity (Wildman–Crippen MR) is 126 cm³/mol. The molecule has 42 heavy (non-hydrogen) atoms. The number of hydrogen-bond donors (Lipinski definition) is 8. The van der Waals surface area contributed by atoms with E-state index in [-0.39, 0.29) is 18.8 Å². The van der Waals surface area contributed by atoms with Gasteiger partial charge in [0.15, 0.2) is 12.5 Å². The number of aromatic amines is 1. The van der Waals surface area contributed by atoms with Gasteiger partial charge in [-0.2, -0.15) is 13.2 Å². The van der Waals surface area contributed by atoms with Crippen molar-refractivity contribution < 1.29 is 62.8 Å². The predicted octanol–water partition coefficient (Wildman–Crippen LogP) is -4.07. The van der Waals surface area contributed by atoms with Gasteiger partial charge in [0.05, 0.1) is 6.20 Å². The molecule has 2 aliphatic rings. The van der Waals surface area contributed by atoms with Gasteiger partial charge in [-0.15, -0.1) is 5.10 Å². The molecular weight excluding hydrogens is 585 g/mol. The third-order valence-electron chi connectivity index (χ3n) is 6.17. The molecule has 9 N–H and O–H groups in total. The van der Waals surface area contributed by atoms with Crippen molar-refractivity contribution in [2.75, 3.05) is 13.2 Å². The van der Waals surface area contributed by atoms with Gasteiger partial charge >= 0.3 is 17.8 Å². The molecule has 4 heterocycles. The van der Waals surface area contributed by atoms with E-state index >= 15 is 0 Å². The largest absolute Gasteiger partial charge is 0.490 e. The number of aliphatic hydroxyl groups is 5. The number of rotatable bonds is 9. The van der Waals surface area contributed by atoms with Crippen molar-refractivity contribution in [3.8, 4) is 0 Å². The lowest BCUT2D eigenvalue weighted by atomic mass is 10.0. The minimum Gasteiger partial charge on any atom is -0.475 e. The summed E-state index contributed by atoms with van der Waals surface area (Å²) >= 11 is 0. The number of nitrogens with zero attached hydrogens (tertiary/aromatic N) is 4. The second-order valence-corrected chi connectivity index (χ2v) is 9.09. The number of aliphatic carboxylic acids is 1. The summed E-state index contributed by atoms with van der Waals surface area (Å²) in [5, 5.41) is 66.1. The normalized spacial score (nSPS) is 30.1. The Morgan fingerprint density at radius 1 is 1.14 bits per heavy atom. The van der Waals surface area contributed by atoms with E-state index in [1.54, 1.807) is 0 Å². The summed E-state index contributed by atoms with van der Waals surface area (Å²) in [6.45, 7) is 0.138. The van der Waals surface area contributed by atoms with Crippen LogP contribution in [-0.2, 0) is 25.5 Å². The molecule has 0 spiro atoms. The first-order valence-corrected chi connectivity index (χ1v) is 12.2. The second-order valence-electron chi connectivity index (χ2n) is 9.09. The van der Waals surface area contributed by atoms with Crippen LogP contribution in [0.2, 0.25) is 0 Å². The highest BCUT2D eigenvalue weighted by Crippen LogP contribution is 2.38. The number of carbonyl (C=O) groups is 1. The van der Waals surface area contributed by atoms with Gasteiger partial charge in [-0.25, -0.2) is 9.59 Å². The monoisotopic (exact) mass is 614 g/mol. The van der Waals surface area contributed by atoms with E-state index in [0.29, 0.717) is 13.0 Å². The summed E-state index contributed by atoms with van der Waals surface area (Å²) in [5.41, 5.74) is 4.15. The standard InChI is InChI=1S/C19H28N6O10.C2HF3O2/c20-6-9-11(28)14(31)18(33-9)35-15(8-7-24(23-22-8)3-1-5-26)16-12(29)13(30)17(34-16)25-4-2-10(27)21-19(25)32;3-2(4,5)1(6)7/h2,4,7,9,11-18,26,28-31H,1,3,5-6,20H2,(H,21,27,32);(H,6,7)/t9-,11-,12+,13-,14-,15+,16+,17-,18+;/m1./s1. The van der Waals surface area contributed by atoms with E-state index in [1.807, 2.05) is 4.98 Å². The van der Waals surface area contributed by atoms with Crippen molar-refractivity contribution >= 4 is 5.97 Å². The minimum absolute atomic E-state index is 0.0815. The van der Waals surface area contributed by atoms with Crippen LogP contribution in [0.5, 0.6) is 0 Å². The minimum atomic E-state index is -5.08. The molecule has 0 bridgehead atoms. The van der Waals surface area contributed by atoms with E-state index in [1.165, 1.54) is 10.9 Å². The summed E-state index contributed by atoms with van der Waals surface area (Å²) in [7, 11) is 0. The molecule has 0 aliphatic carbocycles. The van der Waals surface area contributed by atoms with Crippen molar-refractivity contribution in [2.24, 2.45) is 5.73 Å². The van der Waals surface area contributed by atoms with Crippen molar-refractivity contribution in [3.05, 3.63) is 45.0 Å². The first kappa shape index (κ1) is 33.2. The van der Waals surface area contributed by atoms with Gasteiger partial charge in [-0.05, 0) is 6.42 Å². The Bertz CT molecular complexity index is 1300. The lowest BCUT2D eigenvalue weighted by molar-refractivity contribution is -0.224. The Hall–Kier alpha value is -3.28. The molecule has 0 aromatic carbocycles. The highest BCUT2D eigenvalue weighted by Gasteiger charge is 2.52. The molecule has 18 nitrogen and oxygen atoms in total. The van der Waals surface area contributed by atoms with Crippen LogP contribution in [0.1, 0.15) is 24.4 Å². The lowest BCUT2D eigenvalue weighted by Gasteiger charge is -2.28. The van der Waals surface area contributed by atoms with Crippen LogP contribution in [-0.4, -0.2) is 123 Å². The summed E-state index contributed by atoms with van der Waals surface area (Å²) < 4.78 is 51.2. The number of carboxylic acid groups (broad SMARTS) is 1. The number of carboxylic acids is 1. The number of nitrogens with two attached hydrogens (primary N) is 1. The molecule has 2 aromatic rings. The van der Waals surface area contributed by atoms with Crippen LogP contribution in [0.3, 0.4) is 0 Å². The molecule has 2 saturated heterocycles. The molecule has 0 saturated carbocycles. The van der Waals surface area contributed by atoms with Gasteiger partial charge in [0.25, 0.3) is 5.56 Å². The first-order valence-electron chi connectivity index (χ1n) is 12.2. The Morgan fingerprint density at radius 2 is 1.81 bits per heavy atom. The zero-order chi connectivity index (χ0) is 31.4. The molecule has 0 amide bonds. The van der Waals surface area contributed by atoms with Gasteiger partial charge in [-0.1, -0.05) is 5.21 Å². The van der Waals surface area contributed by atoms with Gasteiger partial charge in [0.1, 0.15) is 48.4 Å². The molecule has 21 heteroatoms. The van der Waals surface area contributed by atoms with Crippen LogP contribution in [0.25, 0.3) is 0 Å². The molecule has 236 valence electrons. The Kier molecular flexibility index (Phi) is 10.9. The molecular formula is C21H29F3N6O12. The molecule has 0 unspecified atom stereocenters. The molecule has 2 fully saturated rings. The summed E-state index contributed by atoms with van der Waals surface area (Å²) in [6, 6.07) is 1.05. The van der Waals surface area contributed by atoms with Gasteiger partial charge in [0.2, 0.25) is 0 Å². The summed E-state index contributed by atoms with van der Waals surface area (Å²) in [6.07, 6.45) is -14.5. The quantitative estimate of drug-likeness (QED) is 0.133. The number of alkyl halides is 3. The van der Waals surface area contributed by atoms with Gasteiger partial charge in [0, 0.05) is 32.0 Å². The van der Waals surface area contributed by atoms with Crippen molar-refractivity contribution in [1.29, 1.82) is 0 Å². The summed E-state index contributed by atoms with van der Waals surface area (Å²) in [4.78, 5) is 34.6. The van der Waals surface area contributed by atoms with Crippen molar-refractivity contribution in [1.82, 2.24) is 24.5 Å². The topological polar surface area (TPSA) is 278 Å². The SMILES string of the molecule is NC[C@H]1O[C@@H](O[C@@H](c2cn(CCCO)nn2)[C@H]2O[C@@H](n3ccc(=O)[nH]c3=O)[C@H](O)[C@@H]2O)[C@H](O)[C@@H]1O.O=C(O)C(F)(F)F. The smallest absolute Gasteiger partial charge is 0.475 e. The number of halogens is 3. The number of aryl methyl sites for hydroxylation is 1. The Morgan fingerprint density at radius 3 is 2.36 bits per heavy atom. The maximum atomic E-state index is 12.2. The number of H-pyrrole nitrogens is 1. The van der Waals surface area contributed by atoms with E-state index in [4.69, 9.17) is 35.0 Å². The number of aliphatic hydroxyl groups excluding tert-OH is 5. The average molecular weight is 614 g/mol. The van der Waals surface area contributed by atoms with Gasteiger partial charge in [-0.3, -0.25) is 19.0 Å². The third-order valence-corrected chi connectivity index (χ3v) is 6.17. The number of aromatic nitrogens is 5. The van der Waals surface area contributed by atoms with Gasteiger partial charge < -0.3 is 50.6 Å². The van der Waals surface area contributed by atoms with Crippen LogP contribution in [0.15, 0.2) is 28.0 Å². The van der Waals surface area contributed by atoms with E-state index in [2.05, 4.69) is 10.3 Å². The fourth-order valence-electron chi connectivity index (χ4n) is 4.06. The lowest BCUT2D eigenvalue weighted by Crippen LogP contribution is -2.40. The zero-order valence-corrected chi connectivity index (χ0v) is 21.4. The maximum Gasteiger partial charge on any atom is 0.490 e. The number of ether oxygens (including phenoxy) is 3. The van der Waals surface area contributed by atoms with E-state index in [9.17, 15) is 43.2 Å². The van der Waals surface area contributed by atoms with Crippen molar-refractivity contribution in [2.45, 2.75) is 74.4 Å². The molecule has 2 aliphatic heterocycles. The number of hydrogen-bond acceptors (Lipinski definition) is 14. The third kappa shape index (κ3) is 7.56. The Labute approximate surface area is 232 Å². The van der Waals surface area contributed by atoms with Crippen LogP contribution in [0.4, 0.5) is 13.2 Å². The molecule has 4 rings (SSSR count). The van der Waals surface area contributed by atoms with Crippen LogP contribution in [0, 0.1) is 0 Å². The zero-order valence-electron chi connectivity index (χ0n) is 21.4. The average Bonchev–Trinajstić information content (AvgIpc) is 3.59. The molecule has 2 aromatic heterocycles. The van der Waals surface area contributed by atoms with Crippen LogP contribution < -0.4 is 17.0 Å². The van der Waals surface area contributed by atoms with E-state index < -0.39 is 78.6 Å². The second kappa shape index (κ2) is 13.8. The summed E-state index contributed by atoms with van der Waals surface area (Å²) in [5.74, 6) is -2.76. The Balaban J connectivity index is 0.000000616. The maximum absolute atomic E-state index is 12.2. The van der Waals surface area contributed by atoms with E-state index in [0.717, 1.165) is 16.8 Å². The fourth-order valence-corrected chi connectivity index (χ4v) is 4.06. The molecule has 9 atom stereocenters. The fraction of sp³-hybridized carbons (Fsp3) is 0.667. The van der Waals surface area contributed by atoms with Crippen molar-refractivity contribution in [3.63, 3.8) is 0 Å². The number of nitrogens with one attached hydrogen (secondary N) is 1. The highest BCUT2D eigenvalue weighted by molar-refractivity contribution is 5.73. The first-order chi connectivity index (χ1) is 19.7. The molecule has 0 radical (unpaired) electrons. The highest BCUT2D eigenvalue weighted by atomic mass is 19.4.